The van der Waals surface area contributed by atoms with Crippen molar-refractivity contribution in [3.8, 4) is 22.1 Å². The summed E-state index contributed by atoms with van der Waals surface area (Å²) < 4.78 is 12.8. The molecule has 0 fully saturated rings. The van der Waals surface area contributed by atoms with E-state index >= 15 is 0 Å². The van der Waals surface area contributed by atoms with E-state index in [2.05, 4.69) is 0 Å². The SMILES string of the molecule is COc1cccc(-c2nc(CSc3nc4sc(C)c(C)c4c(=O)n3C(C)C)cs2)c1OC. The zero-order valence-electron chi connectivity index (χ0n) is 18.9. The second-order valence-electron chi connectivity index (χ2n) is 7.60. The molecule has 0 atom stereocenters. The maximum Gasteiger partial charge on any atom is 0.263 e. The molecule has 0 spiro atoms. The minimum atomic E-state index is 0.0218. The molecule has 1 aromatic carbocycles. The summed E-state index contributed by atoms with van der Waals surface area (Å²) in [5, 5.41) is 4.38. The van der Waals surface area contributed by atoms with Crippen LogP contribution in [0.1, 0.15) is 36.0 Å². The molecule has 0 bridgehead atoms. The fourth-order valence-electron chi connectivity index (χ4n) is 3.54. The Morgan fingerprint density at radius 3 is 2.62 bits per heavy atom. The van der Waals surface area contributed by atoms with Crippen LogP contribution in [0.2, 0.25) is 0 Å². The molecule has 168 valence electrons. The van der Waals surface area contributed by atoms with Crippen LogP contribution < -0.4 is 15.0 Å². The van der Waals surface area contributed by atoms with Gasteiger partial charge in [-0.2, -0.15) is 0 Å². The normalized spacial score (nSPS) is 11.5. The summed E-state index contributed by atoms with van der Waals surface area (Å²) in [7, 11) is 3.26. The lowest BCUT2D eigenvalue weighted by molar-refractivity contribution is 0.356. The van der Waals surface area contributed by atoms with Gasteiger partial charge in [-0.1, -0.05) is 17.8 Å². The number of aryl methyl sites for hydroxylation is 2. The molecule has 9 heteroatoms. The van der Waals surface area contributed by atoms with Gasteiger partial charge in [0.1, 0.15) is 9.84 Å². The number of nitrogens with zero attached hydrogens (tertiary/aromatic N) is 3. The van der Waals surface area contributed by atoms with Crippen molar-refractivity contribution in [2.75, 3.05) is 14.2 Å². The van der Waals surface area contributed by atoms with Gasteiger partial charge in [0.05, 0.1) is 30.9 Å². The second kappa shape index (κ2) is 9.25. The Kier molecular flexibility index (Phi) is 6.60. The lowest BCUT2D eigenvalue weighted by atomic mass is 10.2. The molecule has 0 amide bonds. The maximum absolute atomic E-state index is 13.2. The van der Waals surface area contributed by atoms with E-state index < -0.39 is 0 Å². The third-order valence-corrected chi connectivity index (χ3v) is 8.27. The fraction of sp³-hybridized carbons (Fsp3) is 0.348. The van der Waals surface area contributed by atoms with E-state index in [4.69, 9.17) is 19.4 Å². The van der Waals surface area contributed by atoms with E-state index in [1.165, 1.54) is 0 Å². The van der Waals surface area contributed by atoms with E-state index in [9.17, 15) is 4.79 Å². The Morgan fingerprint density at radius 2 is 1.94 bits per heavy atom. The summed E-state index contributed by atoms with van der Waals surface area (Å²) in [5.41, 5.74) is 2.90. The predicted octanol–water partition coefficient (Wildman–Crippen LogP) is 6.09. The molecule has 0 saturated carbocycles. The highest BCUT2D eigenvalue weighted by Crippen LogP contribution is 2.39. The van der Waals surface area contributed by atoms with Crippen LogP contribution in [-0.2, 0) is 5.75 Å². The van der Waals surface area contributed by atoms with Crippen LogP contribution in [-0.4, -0.2) is 28.8 Å². The third-order valence-electron chi connectivity index (χ3n) is 5.25. The molecule has 0 N–H and O–H groups in total. The van der Waals surface area contributed by atoms with Crippen molar-refractivity contribution in [2.45, 2.75) is 44.6 Å². The molecular formula is C23H25N3O3S3. The lowest BCUT2D eigenvalue weighted by Gasteiger charge is -2.15. The van der Waals surface area contributed by atoms with Crippen molar-refractivity contribution >= 4 is 44.7 Å². The smallest absolute Gasteiger partial charge is 0.263 e. The number of thiazole rings is 1. The van der Waals surface area contributed by atoms with Gasteiger partial charge in [0, 0.05) is 22.1 Å². The summed E-state index contributed by atoms with van der Waals surface area (Å²) >= 11 is 4.69. The van der Waals surface area contributed by atoms with Crippen LogP contribution in [0.4, 0.5) is 0 Å². The second-order valence-corrected chi connectivity index (χ2v) is 10.6. The lowest BCUT2D eigenvalue weighted by Crippen LogP contribution is -2.24. The summed E-state index contributed by atoms with van der Waals surface area (Å²) in [6.07, 6.45) is 0. The van der Waals surface area contributed by atoms with E-state index in [1.54, 1.807) is 53.2 Å². The first-order chi connectivity index (χ1) is 15.3. The van der Waals surface area contributed by atoms with Gasteiger partial charge in [-0.3, -0.25) is 9.36 Å². The zero-order valence-corrected chi connectivity index (χ0v) is 21.3. The molecular weight excluding hydrogens is 462 g/mol. The molecule has 0 saturated heterocycles. The van der Waals surface area contributed by atoms with Gasteiger partial charge >= 0.3 is 0 Å². The quantitative estimate of drug-likeness (QED) is 0.232. The number of methoxy groups -OCH3 is 2. The van der Waals surface area contributed by atoms with Crippen molar-refractivity contribution in [1.82, 2.24) is 14.5 Å². The number of benzene rings is 1. The molecule has 4 rings (SSSR count). The van der Waals surface area contributed by atoms with Gasteiger partial charge in [-0.15, -0.1) is 22.7 Å². The van der Waals surface area contributed by atoms with Crippen molar-refractivity contribution in [2.24, 2.45) is 0 Å². The minimum Gasteiger partial charge on any atom is -0.493 e. The number of hydrogen-bond acceptors (Lipinski definition) is 8. The number of hydrogen-bond donors (Lipinski definition) is 0. The highest BCUT2D eigenvalue weighted by molar-refractivity contribution is 7.98. The van der Waals surface area contributed by atoms with Gasteiger partial charge < -0.3 is 9.47 Å². The topological polar surface area (TPSA) is 66.2 Å². The first kappa shape index (κ1) is 22.8. The number of aromatic nitrogens is 3. The van der Waals surface area contributed by atoms with Gasteiger partial charge in [0.15, 0.2) is 16.7 Å². The highest BCUT2D eigenvalue weighted by Gasteiger charge is 2.19. The molecule has 0 unspecified atom stereocenters. The average Bonchev–Trinajstić information content (AvgIpc) is 3.35. The number of rotatable bonds is 7. The first-order valence-electron chi connectivity index (χ1n) is 10.2. The van der Waals surface area contributed by atoms with Gasteiger partial charge in [-0.05, 0) is 45.4 Å². The molecule has 6 nitrogen and oxygen atoms in total. The largest absolute Gasteiger partial charge is 0.493 e. The molecule has 0 aliphatic carbocycles. The van der Waals surface area contributed by atoms with Crippen molar-refractivity contribution in [3.63, 3.8) is 0 Å². The molecule has 0 aliphatic heterocycles. The monoisotopic (exact) mass is 487 g/mol. The standard InChI is InChI=1S/C23H25N3O3S3/c1-12(2)26-22(27)18-13(3)14(4)32-21(18)25-23(26)31-11-15-10-30-20(24-15)16-8-7-9-17(28-5)19(16)29-6/h7-10,12H,11H2,1-6H3. The summed E-state index contributed by atoms with van der Waals surface area (Å²) in [6, 6.07) is 5.80. The number of para-hydroxylation sites is 1. The van der Waals surface area contributed by atoms with E-state index in [0.29, 0.717) is 17.3 Å². The number of fused-ring (bicyclic) bond motifs is 1. The summed E-state index contributed by atoms with van der Waals surface area (Å²) in [5.74, 6) is 1.97. The van der Waals surface area contributed by atoms with Gasteiger partial charge in [0.25, 0.3) is 5.56 Å². The molecule has 0 radical (unpaired) electrons. The molecule has 3 heterocycles. The third kappa shape index (κ3) is 4.04. The Balaban J connectivity index is 1.65. The van der Waals surface area contributed by atoms with Crippen molar-refractivity contribution < 1.29 is 9.47 Å². The predicted molar refractivity (Wildman–Crippen MR) is 134 cm³/mol. The molecule has 4 aromatic rings. The molecule has 32 heavy (non-hydrogen) atoms. The summed E-state index contributed by atoms with van der Waals surface area (Å²) in [6.45, 7) is 8.07. The van der Waals surface area contributed by atoms with Crippen LogP contribution in [0.15, 0.2) is 33.5 Å². The Morgan fingerprint density at radius 1 is 1.16 bits per heavy atom. The molecule has 3 aromatic heterocycles. The van der Waals surface area contributed by atoms with E-state index in [1.807, 2.05) is 51.3 Å². The molecule has 0 aliphatic rings. The van der Waals surface area contributed by atoms with Gasteiger partial charge in [-0.25, -0.2) is 9.97 Å². The van der Waals surface area contributed by atoms with Crippen LogP contribution in [0.3, 0.4) is 0 Å². The maximum atomic E-state index is 13.2. The van der Waals surface area contributed by atoms with E-state index in [-0.39, 0.29) is 11.6 Å². The Hall–Kier alpha value is -2.36. The summed E-state index contributed by atoms with van der Waals surface area (Å²) in [4.78, 5) is 24.8. The van der Waals surface area contributed by atoms with Crippen molar-refractivity contribution in [1.29, 1.82) is 0 Å². The van der Waals surface area contributed by atoms with Crippen LogP contribution in [0, 0.1) is 13.8 Å². The number of thioether (sulfide) groups is 1. The van der Waals surface area contributed by atoms with Crippen LogP contribution in [0.25, 0.3) is 20.8 Å². The average molecular weight is 488 g/mol. The first-order valence-corrected chi connectivity index (χ1v) is 12.8. The van der Waals surface area contributed by atoms with E-state index in [0.717, 1.165) is 42.1 Å². The number of thiophene rings is 1. The van der Waals surface area contributed by atoms with Crippen LogP contribution >= 0.6 is 34.4 Å². The van der Waals surface area contributed by atoms with Crippen molar-refractivity contribution in [3.05, 3.63) is 50.1 Å². The Labute approximate surface area is 199 Å². The van der Waals surface area contributed by atoms with Gasteiger partial charge in [0.2, 0.25) is 0 Å². The fourth-order valence-corrected chi connectivity index (χ4v) is 6.57. The number of ether oxygens (including phenoxy) is 2. The van der Waals surface area contributed by atoms with Crippen LogP contribution in [0.5, 0.6) is 11.5 Å². The highest BCUT2D eigenvalue weighted by atomic mass is 32.2. The zero-order chi connectivity index (χ0) is 23.0. The minimum absolute atomic E-state index is 0.0218. The Bertz CT molecular complexity index is 1340.